The van der Waals surface area contributed by atoms with Crippen LogP contribution in [0, 0.1) is 10.1 Å². The number of nitrogens with one attached hydrogen (secondary N) is 1. The number of hydrogen-bond acceptors (Lipinski definition) is 6. The Balaban J connectivity index is 1.82. The van der Waals surface area contributed by atoms with E-state index < -0.39 is 16.7 Å². The zero-order valence-corrected chi connectivity index (χ0v) is 16.6. The number of hydrogen-bond donors (Lipinski definition) is 1. The summed E-state index contributed by atoms with van der Waals surface area (Å²) in [5, 5.41) is 12.0. The van der Waals surface area contributed by atoms with Gasteiger partial charge in [0.15, 0.2) is 4.32 Å². The van der Waals surface area contributed by atoms with Crippen LogP contribution in [0.15, 0.2) is 57.9 Å². The second kappa shape index (κ2) is 7.99. The Kier molecular flexibility index (Phi) is 5.68. The summed E-state index contributed by atoms with van der Waals surface area (Å²) in [6.07, 6.45) is 1.49. The Morgan fingerprint density at radius 2 is 1.96 bits per heavy atom. The first-order chi connectivity index (χ1) is 12.9. The number of rotatable bonds is 4. The van der Waals surface area contributed by atoms with Gasteiger partial charge >= 0.3 is 0 Å². The van der Waals surface area contributed by atoms with Gasteiger partial charge in [0, 0.05) is 11.6 Å². The van der Waals surface area contributed by atoms with Crippen LogP contribution in [0.3, 0.4) is 0 Å². The summed E-state index contributed by atoms with van der Waals surface area (Å²) >= 11 is 9.28. The minimum absolute atomic E-state index is 0.114. The van der Waals surface area contributed by atoms with Gasteiger partial charge in [-0.25, -0.2) is 0 Å². The van der Waals surface area contributed by atoms with E-state index in [4.69, 9.17) is 12.2 Å². The Hall–Kier alpha value is -2.56. The number of carbonyl (C=O) groups excluding carboxylic acids is 2. The Morgan fingerprint density at radius 1 is 1.26 bits per heavy atom. The summed E-state index contributed by atoms with van der Waals surface area (Å²) in [6, 6.07) is 12.9. The number of nitro groups is 1. The van der Waals surface area contributed by atoms with E-state index in [1.165, 1.54) is 18.2 Å². The van der Waals surface area contributed by atoms with Gasteiger partial charge in [0.2, 0.25) is 0 Å². The first-order valence-electron chi connectivity index (χ1n) is 7.45. The minimum atomic E-state index is -0.521. The number of benzene rings is 2. The smallest absolute Gasteiger partial charge is 0.267 e. The van der Waals surface area contributed by atoms with Gasteiger partial charge in [0.05, 0.1) is 14.3 Å². The quantitative estimate of drug-likeness (QED) is 0.319. The Bertz CT molecular complexity index is 995. The van der Waals surface area contributed by atoms with Crippen molar-refractivity contribution in [2.45, 2.75) is 0 Å². The molecule has 0 bridgehead atoms. The standard InChI is InChI=1S/C17H10BrN3O4S2/c18-12-7-6-10(8-13(12)21(24)25)9-14-16(23)20(17(26)27-14)19-15(22)11-4-2-1-3-5-11/h1-9H,(H,19,22)/b14-9-. The highest BCUT2D eigenvalue weighted by molar-refractivity contribution is 9.10. The van der Waals surface area contributed by atoms with Gasteiger partial charge in [-0.2, -0.15) is 5.01 Å². The number of thioether (sulfide) groups is 1. The average molecular weight is 464 g/mol. The Labute approximate surface area is 171 Å². The molecule has 1 fully saturated rings. The summed E-state index contributed by atoms with van der Waals surface area (Å²) in [4.78, 5) is 35.6. The van der Waals surface area contributed by atoms with Crippen LogP contribution < -0.4 is 5.43 Å². The van der Waals surface area contributed by atoms with Crippen LogP contribution in [0.4, 0.5) is 5.69 Å². The summed E-state index contributed by atoms with van der Waals surface area (Å²) in [7, 11) is 0. The molecule has 1 heterocycles. The lowest BCUT2D eigenvalue weighted by Gasteiger charge is -2.15. The van der Waals surface area contributed by atoms with Gasteiger partial charge in [-0.3, -0.25) is 25.1 Å². The zero-order valence-electron chi connectivity index (χ0n) is 13.4. The van der Waals surface area contributed by atoms with Gasteiger partial charge in [-0.15, -0.1) is 0 Å². The molecule has 136 valence electrons. The molecule has 0 aliphatic carbocycles. The third-order valence-electron chi connectivity index (χ3n) is 3.51. The zero-order chi connectivity index (χ0) is 19.6. The van der Waals surface area contributed by atoms with Crippen molar-refractivity contribution in [1.82, 2.24) is 10.4 Å². The molecular weight excluding hydrogens is 454 g/mol. The van der Waals surface area contributed by atoms with Crippen molar-refractivity contribution >= 4 is 67.8 Å². The molecular formula is C17H10BrN3O4S2. The number of amides is 2. The molecule has 1 saturated heterocycles. The maximum absolute atomic E-state index is 12.6. The maximum Gasteiger partial charge on any atom is 0.285 e. The molecule has 0 unspecified atom stereocenters. The van der Waals surface area contributed by atoms with E-state index in [1.54, 1.807) is 36.4 Å². The molecule has 2 aromatic rings. The molecule has 3 rings (SSSR count). The number of nitrogens with zero attached hydrogens (tertiary/aromatic N) is 2. The first-order valence-corrected chi connectivity index (χ1v) is 9.46. The van der Waals surface area contributed by atoms with E-state index in [0.717, 1.165) is 16.8 Å². The molecule has 0 aromatic heterocycles. The molecule has 10 heteroatoms. The van der Waals surface area contributed by atoms with Gasteiger partial charge in [-0.1, -0.05) is 36.0 Å². The van der Waals surface area contributed by atoms with Crippen LogP contribution >= 0.6 is 39.9 Å². The molecule has 1 N–H and O–H groups in total. The summed E-state index contributed by atoms with van der Waals surface area (Å²) < 4.78 is 0.509. The molecule has 27 heavy (non-hydrogen) atoms. The topological polar surface area (TPSA) is 92.6 Å². The number of nitro benzene ring substituents is 1. The van der Waals surface area contributed by atoms with Crippen LogP contribution in [-0.4, -0.2) is 26.1 Å². The van der Waals surface area contributed by atoms with E-state index in [0.29, 0.717) is 15.6 Å². The van der Waals surface area contributed by atoms with Gasteiger partial charge in [0.1, 0.15) is 0 Å². The number of hydrazine groups is 1. The fourth-order valence-corrected chi connectivity index (χ4v) is 3.80. The van der Waals surface area contributed by atoms with Gasteiger partial charge in [0.25, 0.3) is 17.5 Å². The van der Waals surface area contributed by atoms with E-state index in [-0.39, 0.29) is 14.9 Å². The lowest BCUT2D eigenvalue weighted by molar-refractivity contribution is -0.385. The van der Waals surface area contributed by atoms with Crippen molar-refractivity contribution in [3.63, 3.8) is 0 Å². The second-order valence-electron chi connectivity index (χ2n) is 5.29. The molecule has 2 aromatic carbocycles. The summed E-state index contributed by atoms with van der Waals surface area (Å²) in [5.41, 5.74) is 3.22. The third-order valence-corrected chi connectivity index (χ3v) is 5.48. The predicted molar refractivity (Wildman–Crippen MR) is 110 cm³/mol. The molecule has 1 aliphatic rings. The highest BCUT2D eigenvalue weighted by Crippen LogP contribution is 2.33. The lowest BCUT2D eigenvalue weighted by Crippen LogP contribution is -2.44. The molecule has 0 spiro atoms. The van der Waals surface area contributed by atoms with E-state index in [9.17, 15) is 19.7 Å². The van der Waals surface area contributed by atoms with E-state index in [1.807, 2.05) is 0 Å². The molecule has 7 nitrogen and oxygen atoms in total. The highest BCUT2D eigenvalue weighted by Gasteiger charge is 2.33. The minimum Gasteiger partial charge on any atom is -0.267 e. The lowest BCUT2D eigenvalue weighted by atomic mass is 10.2. The van der Waals surface area contributed by atoms with Crippen LogP contribution in [0.25, 0.3) is 6.08 Å². The van der Waals surface area contributed by atoms with Crippen molar-refractivity contribution in [3.8, 4) is 0 Å². The van der Waals surface area contributed by atoms with Crippen LogP contribution in [-0.2, 0) is 4.79 Å². The SMILES string of the molecule is O=C(NN1C(=O)/C(=C/c2ccc(Br)c([N+](=O)[O-])c2)SC1=S)c1ccccc1. The van der Waals surface area contributed by atoms with Crippen molar-refractivity contribution in [2.24, 2.45) is 0 Å². The van der Waals surface area contributed by atoms with Crippen LogP contribution in [0.1, 0.15) is 15.9 Å². The predicted octanol–water partition coefficient (Wildman–Crippen LogP) is 3.90. The second-order valence-corrected chi connectivity index (χ2v) is 7.82. The normalized spacial score (nSPS) is 15.3. The molecule has 2 amide bonds. The number of halogens is 1. The summed E-state index contributed by atoms with van der Waals surface area (Å²) in [6.45, 7) is 0. The fraction of sp³-hybridized carbons (Fsp3) is 0. The monoisotopic (exact) mass is 463 g/mol. The number of carbonyl (C=O) groups is 2. The Morgan fingerprint density at radius 3 is 2.63 bits per heavy atom. The average Bonchev–Trinajstić information content (AvgIpc) is 2.91. The highest BCUT2D eigenvalue weighted by atomic mass is 79.9. The van der Waals surface area contributed by atoms with Crippen molar-refractivity contribution in [3.05, 3.63) is 79.2 Å². The largest absolute Gasteiger partial charge is 0.285 e. The third kappa shape index (κ3) is 4.24. The van der Waals surface area contributed by atoms with Gasteiger partial charge in [-0.05, 0) is 58.0 Å². The van der Waals surface area contributed by atoms with Crippen LogP contribution in [0.2, 0.25) is 0 Å². The molecule has 1 aliphatic heterocycles. The molecule has 0 radical (unpaired) electrons. The van der Waals surface area contributed by atoms with Crippen LogP contribution in [0.5, 0.6) is 0 Å². The van der Waals surface area contributed by atoms with E-state index >= 15 is 0 Å². The van der Waals surface area contributed by atoms with E-state index in [2.05, 4.69) is 21.4 Å². The summed E-state index contributed by atoms with van der Waals surface area (Å²) in [5.74, 6) is -0.965. The first kappa shape index (κ1) is 19.2. The van der Waals surface area contributed by atoms with Crippen molar-refractivity contribution in [1.29, 1.82) is 0 Å². The fourth-order valence-electron chi connectivity index (χ4n) is 2.23. The van der Waals surface area contributed by atoms with Crippen molar-refractivity contribution < 1.29 is 14.5 Å². The van der Waals surface area contributed by atoms with Gasteiger partial charge < -0.3 is 0 Å². The molecule has 0 atom stereocenters. The van der Waals surface area contributed by atoms with Crippen molar-refractivity contribution in [2.75, 3.05) is 0 Å². The number of thiocarbonyl (C=S) groups is 1. The molecule has 0 saturated carbocycles. The maximum atomic E-state index is 12.6.